The molecule has 0 aromatic heterocycles. The SMILES string of the molecule is COC(CCC(C)C)C(C)=CC(C)=O. The van der Waals surface area contributed by atoms with Gasteiger partial charge in [0.25, 0.3) is 0 Å². The first-order valence-electron chi connectivity index (χ1n) is 5.19. The van der Waals surface area contributed by atoms with Gasteiger partial charge in [-0.25, -0.2) is 0 Å². The summed E-state index contributed by atoms with van der Waals surface area (Å²) in [6.45, 7) is 7.90. The van der Waals surface area contributed by atoms with Crippen molar-refractivity contribution in [2.45, 2.75) is 46.6 Å². The largest absolute Gasteiger partial charge is 0.377 e. The third-order valence-corrected chi connectivity index (χ3v) is 2.23. The van der Waals surface area contributed by atoms with Crippen LogP contribution in [0.25, 0.3) is 0 Å². The molecule has 0 aliphatic rings. The molecule has 0 N–H and O–H groups in total. The van der Waals surface area contributed by atoms with E-state index in [1.807, 2.05) is 6.92 Å². The Kier molecular flexibility index (Phi) is 6.46. The van der Waals surface area contributed by atoms with Crippen LogP contribution in [0.5, 0.6) is 0 Å². The summed E-state index contributed by atoms with van der Waals surface area (Å²) in [6.07, 6.45) is 3.88. The second-order valence-corrected chi connectivity index (χ2v) is 4.19. The van der Waals surface area contributed by atoms with Crippen LogP contribution in [-0.4, -0.2) is 19.0 Å². The molecular formula is C12H22O2. The average molecular weight is 198 g/mol. The molecule has 0 saturated carbocycles. The lowest BCUT2D eigenvalue weighted by Crippen LogP contribution is -2.14. The maximum Gasteiger partial charge on any atom is 0.152 e. The number of carbonyl (C=O) groups is 1. The van der Waals surface area contributed by atoms with Crippen molar-refractivity contribution in [1.29, 1.82) is 0 Å². The van der Waals surface area contributed by atoms with Crippen LogP contribution < -0.4 is 0 Å². The first kappa shape index (κ1) is 13.4. The number of hydrogen-bond acceptors (Lipinski definition) is 2. The molecule has 0 aliphatic heterocycles. The molecule has 0 heterocycles. The molecule has 2 heteroatoms. The van der Waals surface area contributed by atoms with Gasteiger partial charge in [-0.1, -0.05) is 13.8 Å². The van der Waals surface area contributed by atoms with E-state index in [9.17, 15) is 4.79 Å². The summed E-state index contributed by atoms with van der Waals surface area (Å²) in [4.78, 5) is 10.9. The zero-order chi connectivity index (χ0) is 11.1. The number of ketones is 1. The van der Waals surface area contributed by atoms with Crippen molar-refractivity contribution in [1.82, 2.24) is 0 Å². The molecule has 0 fully saturated rings. The summed E-state index contributed by atoms with van der Waals surface area (Å²) in [7, 11) is 1.70. The minimum atomic E-state index is 0.0918. The molecule has 1 unspecified atom stereocenters. The zero-order valence-electron chi connectivity index (χ0n) is 9.96. The van der Waals surface area contributed by atoms with E-state index in [1.54, 1.807) is 20.1 Å². The molecule has 14 heavy (non-hydrogen) atoms. The Hall–Kier alpha value is -0.630. The smallest absolute Gasteiger partial charge is 0.152 e. The van der Waals surface area contributed by atoms with E-state index in [0.717, 1.165) is 18.4 Å². The molecule has 0 spiro atoms. The maximum absolute atomic E-state index is 10.9. The van der Waals surface area contributed by atoms with Crippen LogP contribution in [0.4, 0.5) is 0 Å². The maximum atomic E-state index is 10.9. The van der Waals surface area contributed by atoms with Gasteiger partial charge in [-0.2, -0.15) is 0 Å². The van der Waals surface area contributed by atoms with Crippen LogP contribution in [0.3, 0.4) is 0 Å². The molecule has 0 bridgehead atoms. The van der Waals surface area contributed by atoms with Crippen molar-refractivity contribution in [3.63, 3.8) is 0 Å². The monoisotopic (exact) mass is 198 g/mol. The molecule has 0 rings (SSSR count). The highest BCUT2D eigenvalue weighted by molar-refractivity contribution is 5.87. The first-order chi connectivity index (χ1) is 6.47. The summed E-state index contributed by atoms with van der Waals surface area (Å²) < 4.78 is 5.34. The molecule has 82 valence electrons. The quantitative estimate of drug-likeness (QED) is 0.613. The van der Waals surface area contributed by atoms with Crippen molar-refractivity contribution in [2.75, 3.05) is 7.11 Å². The van der Waals surface area contributed by atoms with Gasteiger partial charge in [0.15, 0.2) is 5.78 Å². The van der Waals surface area contributed by atoms with Gasteiger partial charge in [-0.3, -0.25) is 4.79 Å². The third-order valence-electron chi connectivity index (χ3n) is 2.23. The number of hydrogen-bond donors (Lipinski definition) is 0. The van der Waals surface area contributed by atoms with E-state index in [4.69, 9.17) is 4.74 Å². The predicted molar refractivity (Wildman–Crippen MR) is 59.3 cm³/mol. The normalized spacial score (nSPS) is 14.6. The van der Waals surface area contributed by atoms with E-state index in [-0.39, 0.29) is 11.9 Å². The lowest BCUT2D eigenvalue weighted by Gasteiger charge is -2.16. The summed E-state index contributed by atoms with van der Waals surface area (Å²) in [5.74, 6) is 0.770. The lowest BCUT2D eigenvalue weighted by atomic mass is 10.00. The van der Waals surface area contributed by atoms with Crippen molar-refractivity contribution < 1.29 is 9.53 Å². The topological polar surface area (TPSA) is 26.3 Å². The lowest BCUT2D eigenvalue weighted by molar-refractivity contribution is -0.112. The number of allylic oxidation sites excluding steroid dienone is 1. The van der Waals surface area contributed by atoms with Gasteiger partial charge in [0.05, 0.1) is 6.10 Å². The number of rotatable bonds is 6. The van der Waals surface area contributed by atoms with Crippen molar-refractivity contribution in [3.05, 3.63) is 11.6 Å². The summed E-state index contributed by atoms with van der Waals surface area (Å²) in [5.41, 5.74) is 1.03. The average Bonchev–Trinajstić information content (AvgIpc) is 2.03. The highest BCUT2D eigenvalue weighted by Crippen LogP contribution is 2.15. The van der Waals surface area contributed by atoms with Gasteiger partial charge >= 0.3 is 0 Å². The fourth-order valence-electron chi connectivity index (χ4n) is 1.43. The molecule has 0 aromatic rings. The number of methoxy groups -OCH3 is 1. The second-order valence-electron chi connectivity index (χ2n) is 4.19. The van der Waals surface area contributed by atoms with E-state index < -0.39 is 0 Å². The Morgan fingerprint density at radius 2 is 1.86 bits per heavy atom. The minimum absolute atomic E-state index is 0.0918. The highest BCUT2D eigenvalue weighted by atomic mass is 16.5. The first-order valence-corrected chi connectivity index (χ1v) is 5.19. The van der Waals surface area contributed by atoms with Crippen LogP contribution in [0.1, 0.15) is 40.5 Å². The standard InChI is InChI=1S/C12H22O2/c1-9(2)6-7-12(14-5)10(3)8-11(4)13/h8-9,12H,6-7H2,1-5H3. The minimum Gasteiger partial charge on any atom is -0.377 e. The second kappa shape index (κ2) is 6.77. The van der Waals surface area contributed by atoms with Gasteiger partial charge in [0.1, 0.15) is 0 Å². The van der Waals surface area contributed by atoms with Gasteiger partial charge in [-0.05, 0) is 44.3 Å². The van der Waals surface area contributed by atoms with Crippen molar-refractivity contribution in [2.24, 2.45) is 5.92 Å². The van der Waals surface area contributed by atoms with Crippen LogP contribution in [0, 0.1) is 5.92 Å². The Morgan fingerprint density at radius 3 is 2.21 bits per heavy atom. The molecule has 2 nitrogen and oxygen atoms in total. The Balaban J connectivity index is 4.19. The van der Waals surface area contributed by atoms with E-state index >= 15 is 0 Å². The van der Waals surface area contributed by atoms with Gasteiger partial charge in [-0.15, -0.1) is 0 Å². The van der Waals surface area contributed by atoms with Crippen LogP contribution in [0.2, 0.25) is 0 Å². The third kappa shape index (κ3) is 5.92. The molecule has 1 atom stereocenters. The van der Waals surface area contributed by atoms with Crippen LogP contribution in [0.15, 0.2) is 11.6 Å². The molecular weight excluding hydrogens is 176 g/mol. The molecule has 0 radical (unpaired) electrons. The van der Waals surface area contributed by atoms with Gasteiger partial charge in [0.2, 0.25) is 0 Å². The molecule has 0 aromatic carbocycles. The van der Waals surface area contributed by atoms with E-state index in [0.29, 0.717) is 5.92 Å². The van der Waals surface area contributed by atoms with Crippen molar-refractivity contribution >= 4 is 5.78 Å². The number of carbonyl (C=O) groups excluding carboxylic acids is 1. The summed E-state index contributed by atoms with van der Waals surface area (Å²) in [5, 5.41) is 0. The van der Waals surface area contributed by atoms with Crippen molar-refractivity contribution in [3.8, 4) is 0 Å². The Morgan fingerprint density at radius 1 is 1.29 bits per heavy atom. The zero-order valence-corrected chi connectivity index (χ0v) is 9.96. The Bertz CT molecular complexity index is 204. The molecule has 0 aliphatic carbocycles. The summed E-state index contributed by atoms with van der Waals surface area (Å²) in [6, 6.07) is 0. The van der Waals surface area contributed by atoms with Crippen LogP contribution in [-0.2, 0) is 9.53 Å². The molecule has 0 saturated heterocycles. The van der Waals surface area contributed by atoms with E-state index in [1.165, 1.54) is 0 Å². The van der Waals surface area contributed by atoms with Gasteiger partial charge < -0.3 is 4.74 Å². The fourth-order valence-corrected chi connectivity index (χ4v) is 1.43. The predicted octanol–water partition coefficient (Wildman–Crippen LogP) is 2.97. The molecule has 0 amide bonds. The highest BCUT2D eigenvalue weighted by Gasteiger charge is 2.10. The number of ether oxygens (including phenoxy) is 1. The Labute approximate surface area is 87.3 Å². The van der Waals surface area contributed by atoms with Gasteiger partial charge in [0, 0.05) is 7.11 Å². The van der Waals surface area contributed by atoms with Crippen LogP contribution >= 0.6 is 0 Å². The fraction of sp³-hybridized carbons (Fsp3) is 0.750. The summed E-state index contributed by atoms with van der Waals surface area (Å²) >= 11 is 0. The van der Waals surface area contributed by atoms with E-state index in [2.05, 4.69) is 13.8 Å².